The Morgan fingerprint density at radius 1 is 1.27 bits per heavy atom. The number of alkyl halides is 1. The van der Waals surface area contributed by atoms with E-state index >= 15 is 0 Å². The molecule has 1 aliphatic carbocycles. The van der Waals surface area contributed by atoms with E-state index in [1.54, 1.807) is 14.2 Å². The zero-order valence-corrected chi connectivity index (χ0v) is 10.6. The van der Waals surface area contributed by atoms with Gasteiger partial charge >= 0.3 is 0 Å². The van der Waals surface area contributed by atoms with Crippen LogP contribution in [0.3, 0.4) is 0 Å². The molecule has 0 heterocycles. The van der Waals surface area contributed by atoms with Gasteiger partial charge in [0, 0.05) is 16.3 Å². The maximum absolute atomic E-state index is 5.40. The van der Waals surface area contributed by atoms with Crippen molar-refractivity contribution in [3.63, 3.8) is 0 Å². The van der Waals surface area contributed by atoms with Crippen molar-refractivity contribution in [3.05, 3.63) is 23.8 Å². The average Bonchev–Trinajstić information content (AvgIpc) is 3.09. The summed E-state index contributed by atoms with van der Waals surface area (Å²) < 4.78 is 10.6. The van der Waals surface area contributed by atoms with E-state index in [2.05, 4.69) is 22.0 Å². The van der Waals surface area contributed by atoms with E-state index < -0.39 is 0 Å². The summed E-state index contributed by atoms with van der Waals surface area (Å²) in [5, 5.41) is 0.990. The Balaban J connectivity index is 2.42. The van der Waals surface area contributed by atoms with Crippen LogP contribution in [-0.4, -0.2) is 19.5 Å². The van der Waals surface area contributed by atoms with Crippen molar-refractivity contribution in [3.8, 4) is 11.5 Å². The number of rotatable bonds is 4. The van der Waals surface area contributed by atoms with Gasteiger partial charge < -0.3 is 9.47 Å². The molecule has 2 nitrogen and oxygen atoms in total. The average molecular weight is 271 g/mol. The molecule has 1 fully saturated rings. The van der Waals surface area contributed by atoms with Gasteiger partial charge in [-0.2, -0.15) is 0 Å². The lowest BCUT2D eigenvalue weighted by molar-refractivity contribution is 0.395. The summed E-state index contributed by atoms with van der Waals surface area (Å²) in [6, 6.07) is 6.01. The monoisotopic (exact) mass is 270 g/mol. The molecule has 1 aromatic rings. The predicted octanol–water partition coefficient (Wildman–Crippen LogP) is 3.13. The van der Waals surface area contributed by atoms with E-state index in [9.17, 15) is 0 Å². The van der Waals surface area contributed by atoms with Gasteiger partial charge in [0.25, 0.3) is 0 Å². The largest absolute Gasteiger partial charge is 0.497 e. The molecule has 3 heteroatoms. The van der Waals surface area contributed by atoms with Crippen LogP contribution >= 0.6 is 15.9 Å². The van der Waals surface area contributed by atoms with Crippen LogP contribution in [0.15, 0.2) is 18.2 Å². The molecule has 0 aliphatic heterocycles. The van der Waals surface area contributed by atoms with E-state index in [1.807, 2.05) is 12.1 Å². The van der Waals surface area contributed by atoms with Gasteiger partial charge in [0.2, 0.25) is 0 Å². The van der Waals surface area contributed by atoms with Crippen LogP contribution in [0.5, 0.6) is 11.5 Å². The molecular formula is C12H15BrO2. The third-order valence-electron chi connectivity index (χ3n) is 3.09. The normalized spacial score (nSPS) is 17.3. The van der Waals surface area contributed by atoms with Gasteiger partial charge in [-0.3, -0.25) is 0 Å². The molecular weight excluding hydrogens is 256 g/mol. The van der Waals surface area contributed by atoms with Crippen LogP contribution in [-0.2, 0) is 5.41 Å². The summed E-state index contributed by atoms with van der Waals surface area (Å²) in [6.07, 6.45) is 2.45. The maximum atomic E-state index is 5.40. The first-order valence-corrected chi connectivity index (χ1v) is 6.16. The highest BCUT2D eigenvalue weighted by Crippen LogP contribution is 2.53. The van der Waals surface area contributed by atoms with Crippen molar-refractivity contribution in [2.45, 2.75) is 18.3 Å². The number of benzene rings is 1. The first kappa shape index (κ1) is 10.8. The number of hydrogen-bond donors (Lipinski definition) is 0. The molecule has 0 amide bonds. The number of hydrogen-bond acceptors (Lipinski definition) is 2. The highest BCUT2D eigenvalue weighted by molar-refractivity contribution is 9.09. The van der Waals surface area contributed by atoms with Crippen LogP contribution < -0.4 is 9.47 Å². The van der Waals surface area contributed by atoms with E-state index in [0.717, 1.165) is 16.8 Å². The number of halogens is 1. The summed E-state index contributed by atoms with van der Waals surface area (Å²) in [5.74, 6) is 1.87. The lowest BCUT2D eigenvalue weighted by Crippen LogP contribution is -2.10. The standard InChI is InChI=1S/C12H15BrO2/c1-14-9-3-4-11(15-2)10(7-9)12(8-13)5-6-12/h3-4,7H,5-6,8H2,1-2H3. The van der Waals surface area contributed by atoms with Gasteiger partial charge in [0.15, 0.2) is 0 Å². The van der Waals surface area contributed by atoms with Gasteiger partial charge in [-0.1, -0.05) is 15.9 Å². The van der Waals surface area contributed by atoms with Crippen molar-refractivity contribution in [1.29, 1.82) is 0 Å². The Morgan fingerprint density at radius 2 is 2.00 bits per heavy atom. The second-order valence-corrected chi connectivity index (χ2v) is 4.54. The summed E-state index contributed by atoms with van der Waals surface area (Å²) in [5.41, 5.74) is 1.54. The SMILES string of the molecule is COc1ccc(OC)c(C2(CBr)CC2)c1. The van der Waals surface area contributed by atoms with Gasteiger partial charge in [0.1, 0.15) is 11.5 Å². The second-order valence-electron chi connectivity index (χ2n) is 3.98. The molecule has 0 spiro atoms. The molecule has 0 bridgehead atoms. The molecule has 1 saturated carbocycles. The van der Waals surface area contributed by atoms with E-state index in [0.29, 0.717) is 0 Å². The highest BCUT2D eigenvalue weighted by atomic mass is 79.9. The molecule has 0 saturated heterocycles. The van der Waals surface area contributed by atoms with E-state index in [-0.39, 0.29) is 5.41 Å². The van der Waals surface area contributed by atoms with Crippen molar-refractivity contribution >= 4 is 15.9 Å². The van der Waals surface area contributed by atoms with Crippen LogP contribution in [0.4, 0.5) is 0 Å². The fraction of sp³-hybridized carbons (Fsp3) is 0.500. The molecule has 0 atom stereocenters. The third-order valence-corrected chi connectivity index (χ3v) is 4.16. The van der Waals surface area contributed by atoms with Gasteiger partial charge in [-0.25, -0.2) is 0 Å². The van der Waals surface area contributed by atoms with Crippen LogP contribution in [0, 0.1) is 0 Å². The van der Waals surface area contributed by atoms with Crippen molar-refractivity contribution in [1.82, 2.24) is 0 Å². The zero-order valence-electron chi connectivity index (χ0n) is 9.05. The third kappa shape index (κ3) is 1.85. The van der Waals surface area contributed by atoms with Crippen molar-refractivity contribution in [2.75, 3.05) is 19.5 Å². The number of methoxy groups -OCH3 is 2. The lowest BCUT2D eigenvalue weighted by atomic mass is 9.97. The Hall–Kier alpha value is -0.700. The molecule has 0 N–H and O–H groups in total. The van der Waals surface area contributed by atoms with Gasteiger partial charge in [-0.15, -0.1) is 0 Å². The number of ether oxygens (including phenoxy) is 2. The molecule has 0 aromatic heterocycles. The fourth-order valence-electron chi connectivity index (χ4n) is 1.85. The first-order chi connectivity index (χ1) is 7.25. The zero-order chi connectivity index (χ0) is 10.9. The Kier molecular flexibility index (Phi) is 2.91. The van der Waals surface area contributed by atoms with Crippen LogP contribution in [0.1, 0.15) is 18.4 Å². The summed E-state index contributed by atoms with van der Waals surface area (Å²) >= 11 is 3.58. The van der Waals surface area contributed by atoms with Gasteiger partial charge in [0.05, 0.1) is 14.2 Å². The van der Waals surface area contributed by atoms with Crippen molar-refractivity contribution < 1.29 is 9.47 Å². The second kappa shape index (κ2) is 4.05. The maximum Gasteiger partial charge on any atom is 0.122 e. The minimum absolute atomic E-state index is 0.278. The summed E-state index contributed by atoms with van der Waals surface area (Å²) in [7, 11) is 3.41. The topological polar surface area (TPSA) is 18.5 Å². The van der Waals surface area contributed by atoms with Crippen molar-refractivity contribution in [2.24, 2.45) is 0 Å². The molecule has 0 unspecified atom stereocenters. The first-order valence-electron chi connectivity index (χ1n) is 5.04. The van der Waals surface area contributed by atoms with Gasteiger partial charge in [-0.05, 0) is 31.0 Å². The molecule has 0 radical (unpaired) electrons. The molecule has 82 valence electrons. The lowest BCUT2D eigenvalue weighted by Gasteiger charge is -2.17. The molecule has 2 rings (SSSR count). The predicted molar refractivity (Wildman–Crippen MR) is 64.3 cm³/mol. The highest BCUT2D eigenvalue weighted by Gasteiger charge is 2.45. The fourth-order valence-corrected chi connectivity index (χ4v) is 2.72. The van der Waals surface area contributed by atoms with E-state index in [1.165, 1.54) is 18.4 Å². The molecule has 1 aromatic carbocycles. The quantitative estimate of drug-likeness (QED) is 0.783. The van der Waals surface area contributed by atoms with E-state index in [4.69, 9.17) is 9.47 Å². The van der Waals surface area contributed by atoms with Crippen LogP contribution in [0.2, 0.25) is 0 Å². The Bertz CT molecular complexity index is 359. The minimum atomic E-state index is 0.278. The Labute approximate surface area is 98.7 Å². The smallest absolute Gasteiger partial charge is 0.122 e. The Morgan fingerprint density at radius 3 is 2.47 bits per heavy atom. The molecule has 15 heavy (non-hydrogen) atoms. The van der Waals surface area contributed by atoms with Crippen LogP contribution in [0.25, 0.3) is 0 Å². The summed E-state index contributed by atoms with van der Waals surface area (Å²) in [6.45, 7) is 0. The minimum Gasteiger partial charge on any atom is -0.497 e. The molecule has 1 aliphatic rings. The summed E-state index contributed by atoms with van der Waals surface area (Å²) in [4.78, 5) is 0.